The van der Waals surface area contributed by atoms with Gasteiger partial charge in [0.2, 0.25) is 0 Å². The monoisotopic (exact) mass is 306 g/mol. The number of unbranched alkanes of at least 4 members (excludes halogenated alkanes) is 2. The number of hydrogen-bond acceptors (Lipinski definition) is 4. The first-order valence-corrected chi connectivity index (χ1v) is 7.98. The van der Waals surface area contributed by atoms with Gasteiger partial charge in [-0.3, -0.25) is 9.59 Å². The van der Waals surface area contributed by atoms with E-state index >= 15 is 0 Å². The number of carbonyl (C=O) groups excluding carboxylic acids is 2. The molecule has 0 saturated heterocycles. The number of ketones is 1. The van der Waals surface area contributed by atoms with E-state index in [0.29, 0.717) is 37.2 Å². The second-order valence-electron chi connectivity index (χ2n) is 5.22. The Hall–Kier alpha value is -1.84. The van der Waals surface area contributed by atoms with Gasteiger partial charge in [-0.1, -0.05) is 25.8 Å². The van der Waals surface area contributed by atoms with Crippen molar-refractivity contribution in [3.05, 3.63) is 29.3 Å². The molecule has 0 N–H and O–H groups in total. The molecule has 0 heterocycles. The van der Waals surface area contributed by atoms with E-state index in [2.05, 4.69) is 6.92 Å². The van der Waals surface area contributed by atoms with Gasteiger partial charge in [0.15, 0.2) is 5.78 Å². The van der Waals surface area contributed by atoms with E-state index in [-0.39, 0.29) is 11.8 Å². The Morgan fingerprint density at radius 3 is 2.50 bits per heavy atom. The van der Waals surface area contributed by atoms with Crippen molar-refractivity contribution in [2.75, 3.05) is 13.7 Å². The number of methoxy groups -OCH3 is 1. The summed E-state index contributed by atoms with van der Waals surface area (Å²) in [5, 5.41) is 0. The molecule has 4 nitrogen and oxygen atoms in total. The largest absolute Gasteiger partial charge is 0.496 e. The van der Waals surface area contributed by atoms with Crippen molar-refractivity contribution < 1.29 is 19.1 Å². The fourth-order valence-electron chi connectivity index (χ4n) is 2.28. The summed E-state index contributed by atoms with van der Waals surface area (Å²) in [7, 11) is 1.57. The quantitative estimate of drug-likeness (QED) is 0.373. The fourth-order valence-corrected chi connectivity index (χ4v) is 2.28. The lowest BCUT2D eigenvalue weighted by atomic mass is 9.99. The number of rotatable bonds is 10. The van der Waals surface area contributed by atoms with Gasteiger partial charge in [-0.05, 0) is 37.5 Å². The predicted molar refractivity (Wildman–Crippen MR) is 86.4 cm³/mol. The Balaban J connectivity index is 2.75. The summed E-state index contributed by atoms with van der Waals surface area (Å²) in [5.74, 6) is 0.485. The number of Topliss-reactive ketones (excluding diaryl/α,β-unsaturated/α-hetero) is 1. The molecule has 1 aromatic carbocycles. The van der Waals surface area contributed by atoms with Gasteiger partial charge in [-0.2, -0.15) is 0 Å². The molecule has 4 heteroatoms. The molecule has 0 radical (unpaired) electrons. The smallest absolute Gasteiger partial charge is 0.306 e. The standard InChI is InChI=1S/C18H26O4/c1-4-6-7-8-16(19)15-13-14(9-11-17(15)21-3)10-12-18(20)22-5-2/h9,11,13H,4-8,10,12H2,1-3H3. The van der Waals surface area contributed by atoms with E-state index in [4.69, 9.17) is 9.47 Å². The maximum absolute atomic E-state index is 12.3. The highest BCUT2D eigenvalue weighted by Gasteiger charge is 2.13. The third-order valence-corrected chi connectivity index (χ3v) is 3.49. The summed E-state index contributed by atoms with van der Waals surface area (Å²) in [6.07, 6.45) is 4.46. The van der Waals surface area contributed by atoms with Crippen LogP contribution in [0.4, 0.5) is 0 Å². The van der Waals surface area contributed by atoms with E-state index in [1.54, 1.807) is 20.1 Å². The van der Waals surface area contributed by atoms with Crippen molar-refractivity contribution in [2.24, 2.45) is 0 Å². The Labute approximate surface area is 132 Å². The molecular formula is C18H26O4. The second-order valence-corrected chi connectivity index (χ2v) is 5.22. The minimum absolute atomic E-state index is 0.100. The number of aryl methyl sites for hydroxylation is 1. The number of esters is 1. The molecule has 0 amide bonds. The molecule has 0 atom stereocenters. The Morgan fingerprint density at radius 1 is 1.09 bits per heavy atom. The van der Waals surface area contributed by atoms with Crippen LogP contribution in [0.15, 0.2) is 18.2 Å². The van der Waals surface area contributed by atoms with E-state index in [9.17, 15) is 9.59 Å². The van der Waals surface area contributed by atoms with Crippen molar-refractivity contribution in [1.82, 2.24) is 0 Å². The average Bonchev–Trinajstić information content (AvgIpc) is 2.53. The highest BCUT2D eigenvalue weighted by atomic mass is 16.5. The van der Waals surface area contributed by atoms with Crippen LogP contribution in [0.5, 0.6) is 5.75 Å². The van der Waals surface area contributed by atoms with Crippen LogP contribution in [0.3, 0.4) is 0 Å². The first kappa shape index (κ1) is 18.2. The molecule has 0 unspecified atom stereocenters. The molecule has 1 aromatic rings. The lowest BCUT2D eigenvalue weighted by Crippen LogP contribution is -2.07. The average molecular weight is 306 g/mol. The number of ether oxygens (including phenoxy) is 2. The Bertz CT molecular complexity index is 494. The van der Waals surface area contributed by atoms with Crippen molar-refractivity contribution in [3.8, 4) is 5.75 Å². The zero-order chi connectivity index (χ0) is 16.4. The summed E-state index contributed by atoms with van der Waals surface area (Å²) < 4.78 is 10.2. The normalized spacial score (nSPS) is 10.3. The SMILES string of the molecule is CCCCCC(=O)c1cc(CCC(=O)OCC)ccc1OC. The number of carbonyl (C=O) groups is 2. The fraction of sp³-hybridized carbons (Fsp3) is 0.556. The zero-order valence-corrected chi connectivity index (χ0v) is 13.8. The number of hydrogen-bond donors (Lipinski definition) is 0. The van der Waals surface area contributed by atoms with Crippen LogP contribution >= 0.6 is 0 Å². The molecule has 22 heavy (non-hydrogen) atoms. The Morgan fingerprint density at radius 2 is 1.86 bits per heavy atom. The Kier molecular flexibility index (Phi) is 8.26. The first-order chi connectivity index (χ1) is 10.6. The van der Waals surface area contributed by atoms with Gasteiger partial charge in [0.05, 0.1) is 19.3 Å². The third-order valence-electron chi connectivity index (χ3n) is 3.49. The molecule has 0 aliphatic carbocycles. The highest BCUT2D eigenvalue weighted by Crippen LogP contribution is 2.23. The number of benzene rings is 1. The molecule has 0 fully saturated rings. The van der Waals surface area contributed by atoms with Gasteiger partial charge in [0.1, 0.15) is 5.75 Å². The molecule has 1 rings (SSSR count). The van der Waals surface area contributed by atoms with E-state index in [1.807, 2.05) is 12.1 Å². The van der Waals surface area contributed by atoms with E-state index in [0.717, 1.165) is 24.8 Å². The van der Waals surface area contributed by atoms with Gasteiger partial charge in [-0.25, -0.2) is 0 Å². The van der Waals surface area contributed by atoms with Crippen LogP contribution in [-0.4, -0.2) is 25.5 Å². The molecule has 0 aliphatic heterocycles. The molecular weight excluding hydrogens is 280 g/mol. The lowest BCUT2D eigenvalue weighted by molar-refractivity contribution is -0.143. The van der Waals surface area contributed by atoms with Gasteiger partial charge < -0.3 is 9.47 Å². The zero-order valence-electron chi connectivity index (χ0n) is 13.8. The molecule has 122 valence electrons. The second kappa shape index (κ2) is 9.98. The van der Waals surface area contributed by atoms with Gasteiger partial charge in [0, 0.05) is 12.8 Å². The van der Waals surface area contributed by atoms with Crippen LogP contribution in [0.2, 0.25) is 0 Å². The minimum Gasteiger partial charge on any atom is -0.496 e. The summed E-state index contributed by atoms with van der Waals surface area (Å²) in [4.78, 5) is 23.7. The third kappa shape index (κ3) is 5.88. The topological polar surface area (TPSA) is 52.6 Å². The molecule has 0 saturated carbocycles. The predicted octanol–water partition coefficient (Wildman–Crippen LogP) is 3.95. The van der Waals surface area contributed by atoms with E-state index < -0.39 is 0 Å². The van der Waals surface area contributed by atoms with Crippen molar-refractivity contribution in [2.45, 2.75) is 52.4 Å². The molecule has 0 aromatic heterocycles. The molecule has 0 spiro atoms. The van der Waals surface area contributed by atoms with Crippen molar-refractivity contribution in [1.29, 1.82) is 0 Å². The van der Waals surface area contributed by atoms with Gasteiger partial charge >= 0.3 is 5.97 Å². The first-order valence-electron chi connectivity index (χ1n) is 7.98. The minimum atomic E-state index is -0.214. The van der Waals surface area contributed by atoms with Crippen LogP contribution in [-0.2, 0) is 16.0 Å². The summed E-state index contributed by atoms with van der Waals surface area (Å²) in [5.41, 5.74) is 1.56. The summed E-state index contributed by atoms with van der Waals surface area (Å²) >= 11 is 0. The van der Waals surface area contributed by atoms with E-state index in [1.165, 1.54) is 0 Å². The maximum Gasteiger partial charge on any atom is 0.306 e. The van der Waals surface area contributed by atoms with Crippen molar-refractivity contribution >= 4 is 11.8 Å². The lowest BCUT2D eigenvalue weighted by Gasteiger charge is -2.10. The van der Waals surface area contributed by atoms with Gasteiger partial charge in [0.25, 0.3) is 0 Å². The summed E-state index contributed by atoms with van der Waals surface area (Å²) in [6.45, 7) is 4.29. The van der Waals surface area contributed by atoms with Crippen LogP contribution in [0, 0.1) is 0 Å². The van der Waals surface area contributed by atoms with Crippen LogP contribution in [0.25, 0.3) is 0 Å². The van der Waals surface area contributed by atoms with Crippen LogP contribution < -0.4 is 4.74 Å². The highest BCUT2D eigenvalue weighted by molar-refractivity contribution is 5.98. The van der Waals surface area contributed by atoms with Crippen molar-refractivity contribution in [3.63, 3.8) is 0 Å². The maximum atomic E-state index is 12.3. The van der Waals surface area contributed by atoms with Crippen LogP contribution in [0.1, 0.15) is 61.9 Å². The van der Waals surface area contributed by atoms with Gasteiger partial charge in [-0.15, -0.1) is 0 Å². The summed E-state index contributed by atoms with van der Waals surface area (Å²) in [6, 6.07) is 5.53. The molecule has 0 aliphatic rings. The molecule has 0 bridgehead atoms.